The van der Waals surface area contributed by atoms with Crippen LogP contribution in [0.1, 0.15) is 31.2 Å². The van der Waals surface area contributed by atoms with Crippen molar-refractivity contribution in [2.24, 2.45) is 10.7 Å². The zero-order valence-electron chi connectivity index (χ0n) is 9.64. The minimum atomic E-state index is 0.161. The minimum absolute atomic E-state index is 0.161. The lowest BCUT2D eigenvalue weighted by Crippen LogP contribution is -2.36. The summed E-state index contributed by atoms with van der Waals surface area (Å²) in [5.74, 6) is 0.251. The van der Waals surface area contributed by atoms with Gasteiger partial charge < -0.3 is 10.8 Å². The number of benzene rings is 1. The first-order valence-electron chi connectivity index (χ1n) is 5.94. The van der Waals surface area contributed by atoms with Crippen molar-refractivity contribution in [3.63, 3.8) is 0 Å². The standard InChI is InChI=1S/C13H17BrN2O/c14-10-5-6-13(17)9(7-10)8-16-12-4-2-1-3-11(12)15/h5-8,11-12,17H,1-4,15H2/t11-,12-/m0/s1. The molecule has 1 aromatic carbocycles. The largest absolute Gasteiger partial charge is 0.507 e. The Bertz CT molecular complexity index is 420. The predicted molar refractivity (Wildman–Crippen MR) is 73.6 cm³/mol. The third-order valence-electron chi connectivity index (χ3n) is 3.18. The van der Waals surface area contributed by atoms with Gasteiger partial charge in [0, 0.05) is 22.3 Å². The van der Waals surface area contributed by atoms with E-state index in [9.17, 15) is 5.11 Å². The number of nitrogens with two attached hydrogens (primary N) is 1. The number of hydrogen-bond donors (Lipinski definition) is 2. The second-order valence-electron chi connectivity index (χ2n) is 4.50. The van der Waals surface area contributed by atoms with E-state index in [1.807, 2.05) is 6.07 Å². The minimum Gasteiger partial charge on any atom is -0.507 e. The molecule has 3 N–H and O–H groups in total. The molecule has 0 saturated heterocycles. The summed E-state index contributed by atoms with van der Waals surface area (Å²) in [6.45, 7) is 0. The average molecular weight is 297 g/mol. The molecular formula is C13H17BrN2O. The number of hydrogen-bond acceptors (Lipinski definition) is 3. The van der Waals surface area contributed by atoms with Gasteiger partial charge in [-0.3, -0.25) is 4.99 Å². The topological polar surface area (TPSA) is 58.6 Å². The van der Waals surface area contributed by atoms with Gasteiger partial charge in [-0.15, -0.1) is 0 Å². The zero-order chi connectivity index (χ0) is 12.3. The second kappa shape index (κ2) is 5.65. The van der Waals surface area contributed by atoms with Crippen LogP contribution in [0, 0.1) is 0 Å². The van der Waals surface area contributed by atoms with Crippen LogP contribution >= 0.6 is 15.9 Å². The Hall–Kier alpha value is -0.870. The fraction of sp³-hybridized carbons (Fsp3) is 0.462. The van der Waals surface area contributed by atoms with Crippen LogP contribution in [-0.2, 0) is 0 Å². The van der Waals surface area contributed by atoms with Gasteiger partial charge in [-0.05, 0) is 31.0 Å². The molecule has 1 fully saturated rings. The molecule has 0 radical (unpaired) electrons. The SMILES string of the molecule is N[C@H]1CCCC[C@@H]1N=Cc1cc(Br)ccc1O. The molecule has 2 rings (SSSR count). The van der Waals surface area contributed by atoms with E-state index < -0.39 is 0 Å². The molecule has 0 amide bonds. The fourth-order valence-corrected chi connectivity index (χ4v) is 2.51. The number of nitrogens with zero attached hydrogens (tertiary/aromatic N) is 1. The molecule has 0 aliphatic heterocycles. The first-order valence-corrected chi connectivity index (χ1v) is 6.73. The number of phenols is 1. The van der Waals surface area contributed by atoms with Crippen LogP contribution in [0.5, 0.6) is 5.75 Å². The number of rotatable bonds is 2. The molecule has 1 aromatic rings. The van der Waals surface area contributed by atoms with Gasteiger partial charge in [0.1, 0.15) is 5.75 Å². The number of aliphatic imine (C=N–C) groups is 1. The smallest absolute Gasteiger partial charge is 0.124 e. The molecule has 17 heavy (non-hydrogen) atoms. The lowest BCUT2D eigenvalue weighted by Gasteiger charge is -2.25. The Labute approximate surface area is 110 Å². The molecule has 0 bridgehead atoms. The molecule has 0 aromatic heterocycles. The molecule has 92 valence electrons. The van der Waals surface area contributed by atoms with E-state index in [4.69, 9.17) is 5.73 Å². The van der Waals surface area contributed by atoms with Gasteiger partial charge in [-0.25, -0.2) is 0 Å². The van der Waals surface area contributed by atoms with Crippen molar-refractivity contribution < 1.29 is 5.11 Å². The van der Waals surface area contributed by atoms with E-state index in [1.165, 1.54) is 12.8 Å². The van der Waals surface area contributed by atoms with Crippen molar-refractivity contribution in [3.05, 3.63) is 28.2 Å². The van der Waals surface area contributed by atoms with Crippen molar-refractivity contribution in [3.8, 4) is 5.75 Å². The molecule has 0 unspecified atom stereocenters. The Morgan fingerprint density at radius 3 is 2.88 bits per heavy atom. The van der Waals surface area contributed by atoms with Crippen LogP contribution in [0.15, 0.2) is 27.7 Å². The summed E-state index contributed by atoms with van der Waals surface area (Å²) < 4.78 is 0.935. The van der Waals surface area contributed by atoms with Crippen LogP contribution < -0.4 is 5.73 Å². The predicted octanol–water partition coefficient (Wildman–Crippen LogP) is 2.84. The van der Waals surface area contributed by atoms with Gasteiger partial charge in [0.15, 0.2) is 0 Å². The monoisotopic (exact) mass is 296 g/mol. The number of aromatic hydroxyl groups is 1. The van der Waals surface area contributed by atoms with Gasteiger partial charge in [0.05, 0.1) is 6.04 Å². The summed E-state index contributed by atoms with van der Waals surface area (Å²) in [6.07, 6.45) is 6.23. The molecule has 4 heteroatoms. The summed E-state index contributed by atoms with van der Waals surface area (Å²) in [4.78, 5) is 4.51. The second-order valence-corrected chi connectivity index (χ2v) is 5.41. The van der Waals surface area contributed by atoms with Crippen LogP contribution in [0.3, 0.4) is 0 Å². The fourth-order valence-electron chi connectivity index (χ4n) is 2.13. The van der Waals surface area contributed by atoms with Crippen LogP contribution in [0.4, 0.5) is 0 Å². The highest BCUT2D eigenvalue weighted by atomic mass is 79.9. The third kappa shape index (κ3) is 3.30. The molecule has 0 spiro atoms. The van der Waals surface area contributed by atoms with Crippen LogP contribution in [-0.4, -0.2) is 23.4 Å². The summed E-state index contributed by atoms with van der Waals surface area (Å²) in [5, 5.41) is 9.69. The number of phenolic OH excluding ortho intramolecular Hbond substituents is 1. The first kappa shape index (κ1) is 12.6. The van der Waals surface area contributed by atoms with E-state index in [0.29, 0.717) is 0 Å². The maximum atomic E-state index is 9.69. The van der Waals surface area contributed by atoms with Crippen molar-refractivity contribution in [2.75, 3.05) is 0 Å². The molecular weight excluding hydrogens is 280 g/mol. The molecule has 1 saturated carbocycles. The van der Waals surface area contributed by atoms with Gasteiger partial charge in [0.2, 0.25) is 0 Å². The van der Waals surface area contributed by atoms with Gasteiger partial charge >= 0.3 is 0 Å². The van der Waals surface area contributed by atoms with Gasteiger partial charge in [0.25, 0.3) is 0 Å². The summed E-state index contributed by atoms with van der Waals surface area (Å²) in [5.41, 5.74) is 6.76. The molecule has 3 nitrogen and oxygen atoms in total. The highest BCUT2D eigenvalue weighted by Gasteiger charge is 2.20. The van der Waals surface area contributed by atoms with Gasteiger partial charge in [-0.1, -0.05) is 28.8 Å². The van der Waals surface area contributed by atoms with E-state index in [1.54, 1.807) is 18.3 Å². The zero-order valence-corrected chi connectivity index (χ0v) is 11.2. The van der Waals surface area contributed by atoms with Crippen molar-refractivity contribution in [2.45, 2.75) is 37.8 Å². The Kier molecular flexibility index (Phi) is 4.18. The van der Waals surface area contributed by atoms with Crippen LogP contribution in [0.25, 0.3) is 0 Å². The molecule has 1 aliphatic carbocycles. The summed E-state index contributed by atoms with van der Waals surface area (Å²) in [7, 11) is 0. The van der Waals surface area contributed by atoms with Crippen molar-refractivity contribution in [1.29, 1.82) is 0 Å². The van der Waals surface area contributed by atoms with Crippen LogP contribution in [0.2, 0.25) is 0 Å². The summed E-state index contributed by atoms with van der Waals surface area (Å²) in [6, 6.07) is 5.68. The average Bonchev–Trinajstić information content (AvgIpc) is 2.32. The van der Waals surface area contributed by atoms with Gasteiger partial charge in [-0.2, -0.15) is 0 Å². The maximum absolute atomic E-state index is 9.69. The summed E-state index contributed by atoms with van der Waals surface area (Å²) >= 11 is 3.38. The maximum Gasteiger partial charge on any atom is 0.124 e. The lowest BCUT2D eigenvalue weighted by molar-refractivity contribution is 0.387. The molecule has 2 atom stereocenters. The van der Waals surface area contributed by atoms with E-state index in [-0.39, 0.29) is 17.8 Å². The molecule has 0 heterocycles. The van der Waals surface area contributed by atoms with Crippen molar-refractivity contribution in [1.82, 2.24) is 0 Å². The van der Waals surface area contributed by atoms with Crippen molar-refractivity contribution >= 4 is 22.1 Å². The molecule has 1 aliphatic rings. The Morgan fingerprint density at radius 1 is 1.35 bits per heavy atom. The third-order valence-corrected chi connectivity index (χ3v) is 3.67. The Balaban J connectivity index is 2.11. The van der Waals surface area contributed by atoms with E-state index in [2.05, 4.69) is 20.9 Å². The quantitative estimate of drug-likeness (QED) is 0.825. The first-order chi connectivity index (χ1) is 8.16. The van der Waals surface area contributed by atoms with E-state index in [0.717, 1.165) is 22.9 Å². The normalized spacial score (nSPS) is 25.3. The Morgan fingerprint density at radius 2 is 2.12 bits per heavy atom. The highest BCUT2D eigenvalue weighted by molar-refractivity contribution is 9.10. The number of halogens is 1. The lowest BCUT2D eigenvalue weighted by atomic mass is 9.91. The van der Waals surface area contributed by atoms with E-state index >= 15 is 0 Å². The highest BCUT2D eigenvalue weighted by Crippen LogP contribution is 2.22.